The van der Waals surface area contributed by atoms with Crippen LogP contribution in [0.4, 0.5) is 0 Å². The van der Waals surface area contributed by atoms with Crippen molar-refractivity contribution < 1.29 is 4.79 Å². The molecule has 108 valence electrons. The number of hydrogen-bond donors (Lipinski definition) is 0. The molecule has 0 spiro atoms. The van der Waals surface area contributed by atoms with Gasteiger partial charge in [0, 0.05) is 40.3 Å². The van der Waals surface area contributed by atoms with Gasteiger partial charge in [0.25, 0.3) is 0 Å². The summed E-state index contributed by atoms with van der Waals surface area (Å²) in [5.74, 6) is -0.0174. The Balaban J connectivity index is 2.14. The van der Waals surface area contributed by atoms with Gasteiger partial charge in [-0.15, -0.1) is 0 Å². The Kier molecular flexibility index (Phi) is 3.94. The first-order valence-corrected chi connectivity index (χ1v) is 7.26. The summed E-state index contributed by atoms with van der Waals surface area (Å²) in [6.45, 7) is 3.75. The molecule has 3 rings (SSSR count). The number of hydrogen-bond acceptors (Lipinski definition) is 1. The van der Waals surface area contributed by atoms with Crippen molar-refractivity contribution >= 4 is 23.6 Å². The van der Waals surface area contributed by atoms with E-state index in [1.165, 1.54) is 0 Å². The smallest absolute Gasteiger partial charge is 0.195 e. The van der Waals surface area contributed by atoms with Crippen LogP contribution in [0.1, 0.15) is 15.9 Å². The van der Waals surface area contributed by atoms with Crippen molar-refractivity contribution in [3.63, 3.8) is 0 Å². The maximum Gasteiger partial charge on any atom is 0.195 e. The number of aromatic nitrogens is 1. The summed E-state index contributed by atoms with van der Waals surface area (Å²) in [5, 5.41) is 0.641. The molecule has 0 aliphatic heterocycles. The minimum absolute atomic E-state index is 0.0174. The second-order valence-corrected chi connectivity index (χ2v) is 5.36. The van der Waals surface area contributed by atoms with Gasteiger partial charge in [0.15, 0.2) is 5.78 Å². The van der Waals surface area contributed by atoms with Crippen LogP contribution in [-0.2, 0) is 0 Å². The van der Waals surface area contributed by atoms with E-state index in [1.54, 1.807) is 17.0 Å². The zero-order valence-corrected chi connectivity index (χ0v) is 12.6. The van der Waals surface area contributed by atoms with E-state index >= 15 is 0 Å². The average Bonchev–Trinajstić information content (AvgIpc) is 2.99. The minimum Gasteiger partial charge on any atom is -0.330 e. The van der Waals surface area contributed by atoms with Crippen LogP contribution in [-0.4, -0.2) is 10.4 Å². The van der Waals surface area contributed by atoms with Crippen LogP contribution in [0.15, 0.2) is 73.6 Å². The van der Waals surface area contributed by atoms with Crippen molar-refractivity contribution in [1.82, 2.24) is 4.57 Å². The van der Waals surface area contributed by atoms with E-state index in [0.717, 1.165) is 11.1 Å². The minimum atomic E-state index is -0.0174. The number of ketones is 1. The van der Waals surface area contributed by atoms with Crippen LogP contribution in [0.25, 0.3) is 17.3 Å². The summed E-state index contributed by atoms with van der Waals surface area (Å²) in [6, 6.07) is 16.7. The fourth-order valence-electron chi connectivity index (χ4n) is 2.39. The SMILES string of the molecule is C=Cn1cc(C(=O)c2ccccc2)c(-c2cccc(Cl)c2)c1. The largest absolute Gasteiger partial charge is 0.330 e. The van der Waals surface area contributed by atoms with E-state index in [-0.39, 0.29) is 5.78 Å². The molecule has 0 fully saturated rings. The zero-order valence-electron chi connectivity index (χ0n) is 11.9. The van der Waals surface area contributed by atoms with Crippen molar-refractivity contribution in [2.24, 2.45) is 0 Å². The fourth-order valence-corrected chi connectivity index (χ4v) is 2.58. The van der Waals surface area contributed by atoms with E-state index in [0.29, 0.717) is 16.1 Å². The summed E-state index contributed by atoms with van der Waals surface area (Å²) < 4.78 is 1.78. The Bertz CT molecular complexity index is 834. The highest BCUT2D eigenvalue weighted by atomic mass is 35.5. The molecular weight excluding hydrogens is 294 g/mol. The standard InChI is InChI=1S/C19H14ClNO/c1-2-21-12-17(15-9-6-10-16(20)11-15)18(13-21)19(22)14-7-4-3-5-8-14/h2-13H,1H2. The molecule has 0 N–H and O–H groups in total. The third-order valence-corrected chi connectivity index (χ3v) is 3.71. The Morgan fingerprint density at radius 1 is 1.05 bits per heavy atom. The molecule has 3 aromatic rings. The summed E-state index contributed by atoms with van der Waals surface area (Å²) >= 11 is 6.07. The van der Waals surface area contributed by atoms with Gasteiger partial charge in [0.05, 0.1) is 0 Å². The monoisotopic (exact) mass is 307 g/mol. The molecule has 1 aromatic heterocycles. The molecule has 0 bridgehead atoms. The molecule has 0 saturated heterocycles. The van der Waals surface area contributed by atoms with Gasteiger partial charge < -0.3 is 4.57 Å². The molecule has 0 radical (unpaired) electrons. The van der Waals surface area contributed by atoms with Crippen LogP contribution >= 0.6 is 11.6 Å². The molecule has 22 heavy (non-hydrogen) atoms. The quantitative estimate of drug-likeness (QED) is 0.612. The molecule has 0 aliphatic rings. The zero-order chi connectivity index (χ0) is 15.5. The van der Waals surface area contributed by atoms with Gasteiger partial charge in [-0.3, -0.25) is 4.79 Å². The highest BCUT2D eigenvalue weighted by molar-refractivity contribution is 6.30. The van der Waals surface area contributed by atoms with E-state index in [4.69, 9.17) is 11.6 Å². The number of benzene rings is 2. The second-order valence-electron chi connectivity index (χ2n) is 4.92. The number of halogens is 1. The van der Waals surface area contributed by atoms with Crippen LogP contribution in [0.2, 0.25) is 5.02 Å². The van der Waals surface area contributed by atoms with Gasteiger partial charge in [-0.2, -0.15) is 0 Å². The molecule has 0 amide bonds. The number of nitrogens with zero attached hydrogens (tertiary/aromatic N) is 1. The van der Waals surface area contributed by atoms with Gasteiger partial charge in [0.2, 0.25) is 0 Å². The van der Waals surface area contributed by atoms with Crippen molar-refractivity contribution in [2.75, 3.05) is 0 Å². The molecule has 2 aromatic carbocycles. The molecule has 0 aliphatic carbocycles. The van der Waals surface area contributed by atoms with Crippen LogP contribution in [0.3, 0.4) is 0 Å². The number of rotatable bonds is 4. The first kappa shape index (κ1) is 14.4. The molecular formula is C19H14ClNO. The van der Waals surface area contributed by atoms with Crippen molar-refractivity contribution in [3.8, 4) is 11.1 Å². The molecule has 0 saturated carbocycles. The lowest BCUT2D eigenvalue weighted by Gasteiger charge is -2.04. The van der Waals surface area contributed by atoms with Gasteiger partial charge >= 0.3 is 0 Å². The average molecular weight is 308 g/mol. The Morgan fingerprint density at radius 3 is 2.50 bits per heavy atom. The van der Waals surface area contributed by atoms with Crippen molar-refractivity contribution in [3.05, 3.63) is 89.7 Å². The second kappa shape index (κ2) is 6.04. The number of carbonyl (C=O) groups is 1. The summed E-state index contributed by atoms with van der Waals surface area (Å²) in [5.41, 5.74) is 3.05. The lowest BCUT2D eigenvalue weighted by Crippen LogP contribution is -2.01. The summed E-state index contributed by atoms with van der Waals surface area (Å²) in [6.07, 6.45) is 5.34. The topological polar surface area (TPSA) is 22.0 Å². The Labute approximate surface area is 134 Å². The first-order chi connectivity index (χ1) is 10.7. The van der Waals surface area contributed by atoms with Crippen molar-refractivity contribution in [1.29, 1.82) is 0 Å². The first-order valence-electron chi connectivity index (χ1n) is 6.89. The fraction of sp³-hybridized carbons (Fsp3) is 0. The highest BCUT2D eigenvalue weighted by Crippen LogP contribution is 2.29. The van der Waals surface area contributed by atoms with Crippen LogP contribution < -0.4 is 0 Å². The molecule has 2 nitrogen and oxygen atoms in total. The van der Waals surface area contributed by atoms with E-state index in [1.807, 2.05) is 60.8 Å². The van der Waals surface area contributed by atoms with Gasteiger partial charge in [-0.1, -0.05) is 60.6 Å². The van der Waals surface area contributed by atoms with Crippen LogP contribution in [0, 0.1) is 0 Å². The van der Waals surface area contributed by atoms with Gasteiger partial charge in [-0.25, -0.2) is 0 Å². The molecule has 0 atom stereocenters. The van der Waals surface area contributed by atoms with E-state index in [9.17, 15) is 4.79 Å². The molecule has 0 unspecified atom stereocenters. The lowest BCUT2D eigenvalue weighted by atomic mass is 9.98. The maximum absolute atomic E-state index is 12.8. The summed E-state index contributed by atoms with van der Waals surface area (Å²) in [7, 11) is 0. The normalized spacial score (nSPS) is 10.4. The lowest BCUT2D eigenvalue weighted by molar-refractivity contribution is 0.103. The Morgan fingerprint density at radius 2 is 1.82 bits per heavy atom. The van der Waals surface area contributed by atoms with Crippen LogP contribution in [0.5, 0.6) is 0 Å². The predicted octanol–water partition coefficient (Wildman–Crippen LogP) is 5.14. The molecule has 1 heterocycles. The highest BCUT2D eigenvalue weighted by Gasteiger charge is 2.17. The summed E-state index contributed by atoms with van der Waals surface area (Å²) in [4.78, 5) is 12.8. The van der Waals surface area contributed by atoms with Crippen molar-refractivity contribution in [2.45, 2.75) is 0 Å². The van der Waals surface area contributed by atoms with Gasteiger partial charge in [0.1, 0.15) is 0 Å². The molecule has 3 heteroatoms. The Hall–Kier alpha value is -2.58. The van der Waals surface area contributed by atoms with E-state index < -0.39 is 0 Å². The predicted molar refractivity (Wildman–Crippen MR) is 91.1 cm³/mol. The maximum atomic E-state index is 12.8. The third-order valence-electron chi connectivity index (χ3n) is 3.47. The van der Waals surface area contributed by atoms with E-state index in [2.05, 4.69) is 6.58 Å². The number of carbonyl (C=O) groups excluding carboxylic acids is 1. The third kappa shape index (κ3) is 2.74. The van der Waals surface area contributed by atoms with Gasteiger partial charge in [-0.05, 0) is 17.7 Å².